The summed E-state index contributed by atoms with van der Waals surface area (Å²) in [7, 11) is 0. The fourth-order valence-electron chi connectivity index (χ4n) is 5.24. The molecular formula is C24H28N2OS. The first-order valence-corrected chi connectivity index (χ1v) is 11.5. The standard InChI is InChI=1S/C24H28N2OS/c1-16-11-12-19(22-23(27)18-8-2-3-10-21(18)28-24(16)22)25-15-17-7-6-14-26-13-5-4-9-20(17)26/h2-3,8,10-12,17,20,25H,4-7,9,13-15H2,1H3/t17-,20+/m0/s1. The molecule has 0 bridgehead atoms. The third-order valence-corrected chi connectivity index (χ3v) is 8.01. The van der Waals surface area contributed by atoms with Crippen molar-refractivity contribution in [1.29, 1.82) is 0 Å². The van der Waals surface area contributed by atoms with Gasteiger partial charge in [0.2, 0.25) is 0 Å². The summed E-state index contributed by atoms with van der Waals surface area (Å²) in [5.41, 5.74) is 2.36. The molecule has 3 nitrogen and oxygen atoms in total. The van der Waals surface area contributed by atoms with Crippen LogP contribution in [0.15, 0.2) is 41.2 Å². The Morgan fingerprint density at radius 3 is 2.86 bits per heavy atom. The predicted octanol–water partition coefficient (Wildman–Crippen LogP) is 5.40. The number of aryl methyl sites for hydroxylation is 1. The highest BCUT2D eigenvalue weighted by molar-refractivity contribution is 7.24. The van der Waals surface area contributed by atoms with E-state index in [1.165, 1.54) is 50.8 Å². The lowest BCUT2D eigenvalue weighted by Gasteiger charge is -2.44. The molecule has 0 unspecified atom stereocenters. The summed E-state index contributed by atoms with van der Waals surface area (Å²) in [4.78, 5) is 16.0. The zero-order valence-electron chi connectivity index (χ0n) is 16.5. The van der Waals surface area contributed by atoms with Crippen LogP contribution in [0.3, 0.4) is 0 Å². The summed E-state index contributed by atoms with van der Waals surface area (Å²) in [5, 5.41) is 5.42. The van der Waals surface area contributed by atoms with Crippen molar-refractivity contribution in [2.24, 2.45) is 5.92 Å². The highest BCUT2D eigenvalue weighted by Crippen LogP contribution is 2.34. The second-order valence-corrected chi connectivity index (χ2v) is 9.50. The van der Waals surface area contributed by atoms with Gasteiger partial charge >= 0.3 is 0 Å². The van der Waals surface area contributed by atoms with E-state index >= 15 is 0 Å². The Kier molecular flexibility index (Phi) is 4.85. The van der Waals surface area contributed by atoms with Crippen LogP contribution >= 0.6 is 11.3 Å². The molecule has 2 aliphatic rings. The minimum Gasteiger partial charge on any atom is -0.384 e. The zero-order chi connectivity index (χ0) is 19.1. The molecule has 3 heterocycles. The lowest BCUT2D eigenvalue weighted by molar-refractivity contribution is 0.0649. The van der Waals surface area contributed by atoms with Crippen LogP contribution in [0.5, 0.6) is 0 Å². The molecule has 2 aromatic carbocycles. The van der Waals surface area contributed by atoms with Crippen molar-refractivity contribution in [3.8, 4) is 0 Å². The van der Waals surface area contributed by atoms with Gasteiger partial charge in [-0.1, -0.05) is 24.6 Å². The van der Waals surface area contributed by atoms with E-state index in [4.69, 9.17) is 0 Å². The first kappa shape index (κ1) is 18.1. The molecule has 5 rings (SSSR count). The van der Waals surface area contributed by atoms with Gasteiger partial charge in [0.1, 0.15) is 0 Å². The molecule has 146 valence electrons. The smallest absolute Gasteiger partial charge is 0.197 e. The number of nitrogens with zero attached hydrogens (tertiary/aromatic N) is 1. The minimum atomic E-state index is 0.165. The van der Waals surface area contributed by atoms with Crippen molar-refractivity contribution in [3.05, 3.63) is 52.2 Å². The fourth-order valence-corrected chi connectivity index (χ4v) is 6.41. The highest BCUT2D eigenvalue weighted by Gasteiger charge is 2.32. The Hall–Kier alpha value is -1.91. The van der Waals surface area contributed by atoms with Gasteiger partial charge in [-0.3, -0.25) is 4.79 Å². The van der Waals surface area contributed by atoms with Gasteiger partial charge in [0, 0.05) is 33.1 Å². The van der Waals surface area contributed by atoms with Crippen LogP contribution in [0.25, 0.3) is 20.2 Å². The number of hydrogen-bond donors (Lipinski definition) is 1. The first-order chi connectivity index (χ1) is 13.7. The van der Waals surface area contributed by atoms with Gasteiger partial charge in [0.05, 0.1) is 5.39 Å². The van der Waals surface area contributed by atoms with E-state index in [1.807, 2.05) is 18.2 Å². The third kappa shape index (κ3) is 3.13. The summed E-state index contributed by atoms with van der Waals surface area (Å²) in [6.45, 7) is 5.62. The Bertz CT molecular complexity index is 1070. The maximum Gasteiger partial charge on any atom is 0.197 e. The van der Waals surface area contributed by atoms with Crippen LogP contribution in [0.2, 0.25) is 0 Å². The molecule has 4 heteroatoms. The number of anilines is 1. The van der Waals surface area contributed by atoms with Crippen molar-refractivity contribution in [2.75, 3.05) is 25.0 Å². The minimum absolute atomic E-state index is 0.165. The molecule has 0 saturated carbocycles. The molecule has 3 aromatic rings. The summed E-state index contributed by atoms with van der Waals surface area (Å²) >= 11 is 1.74. The molecule has 0 radical (unpaired) electrons. The number of piperidine rings is 2. The summed E-state index contributed by atoms with van der Waals surface area (Å²) in [5.74, 6) is 0.685. The number of hydrogen-bond acceptors (Lipinski definition) is 4. The van der Waals surface area contributed by atoms with Gasteiger partial charge < -0.3 is 10.2 Å². The maximum absolute atomic E-state index is 13.3. The van der Waals surface area contributed by atoms with E-state index in [-0.39, 0.29) is 5.43 Å². The van der Waals surface area contributed by atoms with E-state index in [9.17, 15) is 4.79 Å². The van der Waals surface area contributed by atoms with Crippen LogP contribution in [0.4, 0.5) is 5.69 Å². The van der Waals surface area contributed by atoms with Crippen molar-refractivity contribution >= 4 is 37.2 Å². The number of nitrogens with one attached hydrogen (secondary N) is 1. The first-order valence-electron chi connectivity index (χ1n) is 10.7. The SMILES string of the molecule is Cc1ccc(NC[C@@H]2CCCN3CCCC[C@H]23)c2c(=O)c3ccccc3sc12. The monoisotopic (exact) mass is 392 g/mol. The molecular weight excluding hydrogens is 364 g/mol. The van der Waals surface area contributed by atoms with Gasteiger partial charge in [-0.25, -0.2) is 0 Å². The molecule has 2 saturated heterocycles. The van der Waals surface area contributed by atoms with Crippen molar-refractivity contribution in [2.45, 2.75) is 45.1 Å². The number of fused-ring (bicyclic) bond motifs is 3. The van der Waals surface area contributed by atoms with Crippen LogP contribution in [0, 0.1) is 12.8 Å². The highest BCUT2D eigenvalue weighted by atomic mass is 32.1. The molecule has 1 aromatic heterocycles. The Balaban J connectivity index is 1.50. The number of benzene rings is 2. The zero-order valence-corrected chi connectivity index (χ0v) is 17.4. The molecule has 2 fully saturated rings. The van der Waals surface area contributed by atoms with E-state index < -0.39 is 0 Å². The number of rotatable bonds is 3. The van der Waals surface area contributed by atoms with Gasteiger partial charge in [0.15, 0.2) is 5.43 Å². The second-order valence-electron chi connectivity index (χ2n) is 8.44. The molecule has 28 heavy (non-hydrogen) atoms. The molecule has 0 spiro atoms. The summed E-state index contributed by atoms with van der Waals surface area (Å²) < 4.78 is 2.20. The Labute approximate surface area is 170 Å². The summed E-state index contributed by atoms with van der Waals surface area (Å²) in [6, 6.07) is 13.0. The molecule has 1 N–H and O–H groups in total. The lowest BCUT2D eigenvalue weighted by Crippen LogP contribution is -2.49. The fraction of sp³-hybridized carbons (Fsp3) is 0.458. The molecule has 2 aliphatic heterocycles. The van der Waals surface area contributed by atoms with E-state index in [2.05, 4.69) is 35.3 Å². The van der Waals surface area contributed by atoms with E-state index in [1.54, 1.807) is 11.3 Å². The predicted molar refractivity (Wildman–Crippen MR) is 121 cm³/mol. The summed E-state index contributed by atoms with van der Waals surface area (Å²) in [6.07, 6.45) is 6.65. The average molecular weight is 393 g/mol. The van der Waals surface area contributed by atoms with Crippen LogP contribution < -0.4 is 10.7 Å². The van der Waals surface area contributed by atoms with E-state index in [0.29, 0.717) is 5.92 Å². The second kappa shape index (κ2) is 7.49. The van der Waals surface area contributed by atoms with E-state index in [0.717, 1.165) is 38.4 Å². The average Bonchev–Trinajstić information content (AvgIpc) is 2.74. The molecule has 0 amide bonds. The topological polar surface area (TPSA) is 32.3 Å². The van der Waals surface area contributed by atoms with Gasteiger partial charge in [-0.15, -0.1) is 11.3 Å². The van der Waals surface area contributed by atoms with Crippen LogP contribution in [0.1, 0.15) is 37.7 Å². The maximum atomic E-state index is 13.3. The van der Waals surface area contributed by atoms with Gasteiger partial charge in [-0.2, -0.15) is 0 Å². The van der Waals surface area contributed by atoms with Crippen molar-refractivity contribution in [1.82, 2.24) is 4.90 Å². The quantitative estimate of drug-likeness (QED) is 0.606. The lowest BCUT2D eigenvalue weighted by atomic mass is 9.83. The van der Waals surface area contributed by atoms with Crippen molar-refractivity contribution in [3.63, 3.8) is 0 Å². The van der Waals surface area contributed by atoms with Gasteiger partial charge in [-0.05, 0) is 75.4 Å². The van der Waals surface area contributed by atoms with Crippen LogP contribution in [-0.4, -0.2) is 30.6 Å². The largest absolute Gasteiger partial charge is 0.384 e. The normalized spacial score (nSPS) is 23.0. The van der Waals surface area contributed by atoms with Crippen molar-refractivity contribution < 1.29 is 0 Å². The Morgan fingerprint density at radius 1 is 1.07 bits per heavy atom. The van der Waals surface area contributed by atoms with Crippen LogP contribution in [-0.2, 0) is 0 Å². The molecule has 2 atom stereocenters. The van der Waals surface area contributed by atoms with Gasteiger partial charge in [0.25, 0.3) is 0 Å². The molecule has 0 aliphatic carbocycles. The Morgan fingerprint density at radius 2 is 1.93 bits per heavy atom. The third-order valence-electron chi connectivity index (χ3n) is 6.71.